The van der Waals surface area contributed by atoms with Gasteiger partial charge in [-0.3, -0.25) is 14.9 Å². The molecule has 0 aliphatic heterocycles. The predicted molar refractivity (Wildman–Crippen MR) is 104 cm³/mol. The lowest BCUT2D eigenvalue weighted by Crippen LogP contribution is -2.38. The van der Waals surface area contributed by atoms with Gasteiger partial charge in [-0.15, -0.1) is 0 Å². The third-order valence-corrected chi connectivity index (χ3v) is 5.30. The molecule has 3 aromatic rings. The number of aromatic nitrogens is 3. The molecule has 0 saturated heterocycles. The van der Waals surface area contributed by atoms with Crippen molar-refractivity contribution < 1.29 is 9.53 Å². The molecule has 2 aromatic heterocycles. The predicted octanol–water partition coefficient (Wildman–Crippen LogP) is 3.61. The molecule has 2 N–H and O–H groups in total. The quantitative estimate of drug-likeness (QED) is 0.743. The van der Waals surface area contributed by atoms with Crippen LogP contribution in [-0.2, 0) is 17.6 Å². The standard InChI is InChI=1S/C21H22N4O2/c1-21(20(26)23-17-5-3-4-6-18(17)27-2)10-7-16-15(13-21)19(25-24-16)14-8-11-22-12-9-14/h3-6,8-9,11-12H,7,10,13H2,1-2H3,(H,23,26)(H,24,25). The van der Waals surface area contributed by atoms with Crippen LogP contribution in [-0.4, -0.2) is 28.2 Å². The Morgan fingerprint density at radius 3 is 2.78 bits per heavy atom. The number of hydrogen-bond donors (Lipinski definition) is 2. The van der Waals surface area contributed by atoms with E-state index in [4.69, 9.17) is 4.74 Å². The number of para-hydroxylation sites is 2. The minimum Gasteiger partial charge on any atom is -0.495 e. The molecule has 1 amide bonds. The van der Waals surface area contributed by atoms with E-state index >= 15 is 0 Å². The summed E-state index contributed by atoms with van der Waals surface area (Å²) in [5.41, 5.74) is 4.33. The molecule has 1 aliphatic carbocycles. The molecule has 27 heavy (non-hydrogen) atoms. The van der Waals surface area contributed by atoms with Crippen molar-refractivity contribution in [2.75, 3.05) is 12.4 Å². The highest BCUT2D eigenvalue weighted by Gasteiger charge is 2.39. The van der Waals surface area contributed by atoms with E-state index in [-0.39, 0.29) is 5.91 Å². The third kappa shape index (κ3) is 3.18. The number of carbonyl (C=O) groups excluding carboxylic acids is 1. The van der Waals surface area contributed by atoms with Gasteiger partial charge >= 0.3 is 0 Å². The van der Waals surface area contributed by atoms with E-state index in [1.165, 1.54) is 0 Å². The number of nitrogens with zero attached hydrogens (tertiary/aromatic N) is 2. The van der Waals surface area contributed by atoms with Crippen LogP contribution in [0, 0.1) is 5.41 Å². The average molecular weight is 362 g/mol. The number of methoxy groups -OCH3 is 1. The number of ether oxygens (including phenoxy) is 1. The molecule has 0 fully saturated rings. The topological polar surface area (TPSA) is 79.9 Å². The zero-order valence-corrected chi connectivity index (χ0v) is 15.5. The smallest absolute Gasteiger partial charge is 0.230 e. The van der Waals surface area contributed by atoms with Crippen molar-refractivity contribution in [1.82, 2.24) is 15.2 Å². The van der Waals surface area contributed by atoms with Gasteiger partial charge in [0.1, 0.15) is 5.75 Å². The van der Waals surface area contributed by atoms with Crippen molar-refractivity contribution in [3.05, 3.63) is 60.0 Å². The molecule has 0 spiro atoms. The van der Waals surface area contributed by atoms with Crippen LogP contribution < -0.4 is 10.1 Å². The number of rotatable bonds is 4. The van der Waals surface area contributed by atoms with E-state index in [1.807, 2.05) is 43.3 Å². The maximum atomic E-state index is 13.1. The van der Waals surface area contributed by atoms with Crippen molar-refractivity contribution in [3.8, 4) is 17.0 Å². The Hall–Kier alpha value is -3.15. The second kappa shape index (κ2) is 6.87. The molecule has 1 atom stereocenters. The zero-order chi connectivity index (χ0) is 18.9. The number of benzene rings is 1. The first kappa shape index (κ1) is 17.3. The van der Waals surface area contributed by atoms with Gasteiger partial charge < -0.3 is 10.1 Å². The fourth-order valence-electron chi connectivity index (χ4n) is 3.64. The lowest BCUT2D eigenvalue weighted by molar-refractivity contribution is -0.125. The molecule has 1 unspecified atom stereocenters. The van der Waals surface area contributed by atoms with Crippen molar-refractivity contribution in [3.63, 3.8) is 0 Å². The summed E-state index contributed by atoms with van der Waals surface area (Å²) < 4.78 is 5.35. The van der Waals surface area contributed by atoms with Crippen molar-refractivity contribution in [1.29, 1.82) is 0 Å². The summed E-state index contributed by atoms with van der Waals surface area (Å²) in [6.45, 7) is 2.02. The van der Waals surface area contributed by atoms with Gasteiger partial charge in [0.2, 0.25) is 5.91 Å². The van der Waals surface area contributed by atoms with Gasteiger partial charge in [-0.05, 0) is 43.5 Å². The van der Waals surface area contributed by atoms with E-state index in [9.17, 15) is 4.79 Å². The van der Waals surface area contributed by atoms with Crippen LogP contribution in [0.25, 0.3) is 11.3 Å². The highest BCUT2D eigenvalue weighted by atomic mass is 16.5. The number of fused-ring (bicyclic) bond motifs is 1. The van der Waals surface area contributed by atoms with Crippen molar-refractivity contribution in [2.45, 2.75) is 26.2 Å². The molecule has 1 aromatic carbocycles. The summed E-state index contributed by atoms with van der Waals surface area (Å²) in [6.07, 6.45) is 5.71. The maximum absolute atomic E-state index is 13.1. The van der Waals surface area contributed by atoms with Gasteiger partial charge in [-0.25, -0.2) is 0 Å². The number of hydrogen-bond acceptors (Lipinski definition) is 4. The lowest BCUT2D eigenvalue weighted by atomic mass is 9.73. The summed E-state index contributed by atoms with van der Waals surface area (Å²) in [4.78, 5) is 17.2. The number of anilines is 1. The largest absolute Gasteiger partial charge is 0.495 e. The SMILES string of the molecule is COc1ccccc1NC(=O)C1(C)CCc2[nH]nc(-c3ccncc3)c2C1. The summed E-state index contributed by atoms with van der Waals surface area (Å²) in [5, 5.41) is 10.7. The average Bonchev–Trinajstić information content (AvgIpc) is 3.11. The normalized spacial score (nSPS) is 18.6. The molecule has 6 nitrogen and oxygen atoms in total. The van der Waals surface area contributed by atoms with Gasteiger partial charge in [0.25, 0.3) is 0 Å². The van der Waals surface area contributed by atoms with Gasteiger partial charge in [0.15, 0.2) is 0 Å². The molecule has 0 radical (unpaired) electrons. The zero-order valence-electron chi connectivity index (χ0n) is 15.5. The van der Waals surface area contributed by atoms with Gasteiger partial charge in [-0.1, -0.05) is 19.1 Å². The Morgan fingerprint density at radius 1 is 1.22 bits per heavy atom. The number of aryl methyl sites for hydroxylation is 1. The Kier molecular flexibility index (Phi) is 4.39. The summed E-state index contributed by atoms with van der Waals surface area (Å²) in [7, 11) is 1.60. The van der Waals surface area contributed by atoms with Crippen LogP contribution in [0.4, 0.5) is 5.69 Å². The molecule has 4 rings (SSSR count). The van der Waals surface area contributed by atoms with Gasteiger partial charge in [0.05, 0.1) is 23.9 Å². The second-order valence-electron chi connectivity index (χ2n) is 7.16. The monoisotopic (exact) mass is 362 g/mol. The number of pyridine rings is 1. The molecule has 138 valence electrons. The Bertz CT molecular complexity index is 967. The number of aromatic amines is 1. The number of nitrogens with one attached hydrogen (secondary N) is 2. The number of carbonyl (C=O) groups is 1. The Balaban J connectivity index is 1.61. The van der Waals surface area contributed by atoms with Crippen molar-refractivity contribution >= 4 is 11.6 Å². The van der Waals surface area contributed by atoms with Crippen molar-refractivity contribution in [2.24, 2.45) is 5.41 Å². The summed E-state index contributed by atoms with van der Waals surface area (Å²) in [5.74, 6) is 0.659. The highest BCUT2D eigenvalue weighted by Crippen LogP contribution is 2.40. The molecule has 1 aliphatic rings. The summed E-state index contributed by atoms with van der Waals surface area (Å²) >= 11 is 0. The van der Waals surface area contributed by atoms with Crippen LogP contribution in [0.2, 0.25) is 0 Å². The number of H-pyrrole nitrogens is 1. The first-order chi connectivity index (χ1) is 13.1. The van der Waals surface area contributed by atoms with E-state index in [0.717, 1.165) is 35.4 Å². The second-order valence-corrected chi connectivity index (χ2v) is 7.16. The van der Waals surface area contributed by atoms with Crippen LogP contribution in [0.3, 0.4) is 0 Å². The highest BCUT2D eigenvalue weighted by molar-refractivity contribution is 5.96. The van der Waals surface area contributed by atoms with Gasteiger partial charge in [-0.2, -0.15) is 5.10 Å². The van der Waals surface area contributed by atoms with Crippen LogP contribution >= 0.6 is 0 Å². The Labute approximate surface area is 158 Å². The van der Waals surface area contributed by atoms with Gasteiger partial charge in [0, 0.05) is 29.2 Å². The molecular weight excluding hydrogens is 340 g/mol. The minimum atomic E-state index is -0.514. The summed E-state index contributed by atoms with van der Waals surface area (Å²) in [6, 6.07) is 11.4. The molecule has 2 heterocycles. The Morgan fingerprint density at radius 2 is 2.00 bits per heavy atom. The van der Waals surface area contributed by atoms with Crippen LogP contribution in [0.15, 0.2) is 48.8 Å². The minimum absolute atomic E-state index is 0.000437. The van der Waals surface area contributed by atoms with Crippen LogP contribution in [0.5, 0.6) is 5.75 Å². The van der Waals surface area contributed by atoms with E-state index in [1.54, 1.807) is 19.5 Å². The molecule has 0 bridgehead atoms. The molecular formula is C21H22N4O2. The molecule has 6 heteroatoms. The van der Waals surface area contributed by atoms with E-state index in [0.29, 0.717) is 17.9 Å². The van der Waals surface area contributed by atoms with E-state index < -0.39 is 5.41 Å². The number of amides is 1. The fourth-order valence-corrected chi connectivity index (χ4v) is 3.64. The third-order valence-electron chi connectivity index (χ3n) is 5.30. The molecule has 0 saturated carbocycles. The fraction of sp³-hybridized carbons (Fsp3) is 0.286. The maximum Gasteiger partial charge on any atom is 0.230 e. The first-order valence-electron chi connectivity index (χ1n) is 9.02. The first-order valence-corrected chi connectivity index (χ1v) is 9.02. The lowest BCUT2D eigenvalue weighted by Gasteiger charge is -2.32. The van der Waals surface area contributed by atoms with E-state index in [2.05, 4.69) is 20.5 Å². The van der Waals surface area contributed by atoms with Crippen LogP contribution in [0.1, 0.15) is 24.6 Å².